The van der Waals surface area contributed by atoms with Gasteiger partial charge in [0.1, 0.15) is 0 Å². The van der Waals surface area contributed by atoms with Gasteiger partial charge in [0.2, 0.25) is 5.76 Å². The van der Waals surface area contributed by atoms with Gasteiger partial charge in [-0.25, -0.2) is 9.78 Å². The molecule has 4 heteroatoms. The van der Waals surface area contributed by atoms with Crippen molar-refractivity contribution in [2.24, 2.45) is 11.3 Å². The Kier molecular flexibility index (Phi) is 3.58. The van der Waals surface area contributed by atoms with Crippen LogP contribution >= 0.6 is 0 Å². The van der Waals surface area contributed by atoms with Gasteiger partial charge in [-0.2, -0.15) is 0 Å². The van der Waals surface area contributed by atoms with Crippen molar-refractivity contribution in [1.82, 2.24) is 4.98 Å². The number of carbonyl (C=O) groups is 1. The Bertz CT molecular complexity index is 529. The van der Waals surface area contributed by atoms with Crippen molar-refractivity contribution in [3.8, 4) is 0 Å². The molecule has 0 unspecified atom stereocenters. The number of hydrogen-bond donors (Lipinski definition) is 1. The summed E-state index contributed by atoms with van der Waals surface area (Å²) < 4.78 is 5.63. The van der Waals surface area contributed by atoms with Gasteiger partial charge in [-0.05, 0) is 49.9 Å². The fourth-order valence-corrected chi connectivity index (χ4v) is 3.52. The standard InChI is InChI=1S/C17H25NO3/c1-17(2,3)12-8-6-11(7-9-12)15-18-13(10-4-5-10)14(21-15)16(19)20/h10-12H,4-9H2,1-3H3,(H,19,20). The first-order valence-corrected chi connectivity index (χ1v) is 8.10. The second kappa shape index (κ2) is 5.15. The van der Waals surface area contributed by atoms with Gasteiger partial charge in [-0.3, -0.25) is 0 Å². The summed E-state index contributed by atoms with van der Waals surface area (Å²) in [6.45, 7) is 6.91. The van der Waals surface area contributed by atoms with Gasteiger partial charge in [-0.15, -0.1) is 0 Å². The van der Waals surface area contributed by atoms with Crippen LogP contribution in [0.4, 0.5) is 0 Å². The van der Waals surface area contributed by atoms with Gasteiger partial charge < -0.3 is 9.52 Å². The Labute approximate surface area is 125 Å². The molecule has 1 aromatic heterocycles. The zero-order valence-corrected chi connectivity index (χ0v) is 13.2. The zero-order valence-electron chi connectivity index (χ0n) is 13.2. The summed E-state index contributed by atoms with van der Waals surface area (Å²) in [5.74, 6) is 1.14. The SMILES string of the molecule is CC(C)(C)C1CCC(c2nc(C3CC3)c(C(=O)O)o2)CC1. The molecule has 2 aliphatic carbocycles. The Morgan fingerprint density at radius 2 is 1.67 bits per heavy atom. The van der Waals surface area contributed by atoms with Crippen molar-refractivity contribution in [3.63, 3.8) is 0 Å². The van der Waals surface area contributed by atoms with E-state index in [9.17, 15) is 9.90 Å². The van der Waals surface area contributed by atoms with E-state index in [1.165, 1.54) is 12.8 Å². The van der Waals surface area contributed by atoms with Crippen LogP contribution < -0.4 is 0 Å². The summed E-state index contributed by atoms with van der Waals surface area (Å²) in [6, 6.07) is 0. The van der Waals surface area contributed by atoms with E-state index in [2.05, 4.69) is 25.8 Å². The monoisotopic (exact) mass is 291 g/mol. The molecular formula is C17H25NO3. The quantitative estimate of drug-likeness (QED) is 0.886. The first kappa shape index (κ1) is 14.6. The third kappa shape index (κ3) is 2.99. The highest BCUT2D eigenvalue weighted by Gasteiger charge is 2.36. The van der Waals surface area contributed by atoms with Crippen LogP contribution in [0.3, 0.4) is 0 Å². The number of aromatic nitrogens is 1. The Balaban J connectivity index is 1.74. The summed E-state index contributed by atoms with van der Waals surface area (Å²) in [5.41, 5.74) is 1.04. The number of carboxylic acid groups (broad SMARTS) is 1. The molecule has 21 heavy (non-hydrogen) atoms. The summed E-state index contributed by atoms with van der Waals surface area (Å²) in [7, 11) is 0. The van der Waals surface area contributed by atoms with E-state index in [1.807, 2.05) is 0 Å². The average Bonchev–Trinajstić information content (AvgIpc) is 3.16. The van der Waals surface area contributed by atoms with Crippen molar-refractivity contribution in [3.05, 3.63) is 17.3 Å². The highest BCUT2D eigenvalue weighted by molar-refractivity contribution is 5.86. The molecule has 2 aliphatic rings. The minimum absolute atomic E-state index is 0.0884. The second-order valence-corrected chi connectivity index (χ2v) is 7.76. The van der Waals surface area contributed by atoms with Gasteiger partial charge in [0.05, 0.1) is 5.69 Å². The van der Waals surface area contributed by atoms with Crippen LogP contribution in [0.15, 0.2) is 4.42 Å². The first-order chi connectivity index (χ1) is 9.86. The van der Waals surface area contributed by atoms with Crippen LogP contribution in [0.25, 0.3) is 0 Å². The molecule has 1 aromatic rings. The van der Waals surface area contributed by atoms with Crippen LogP contribution in [0, 0.1) is 11.3 Å². The third-order valence-corrected chi connectivity index (χ3v) is 5.13. The number of aromatic carboxylic acids is 1. The van der Waals surface area contributed by atoms with E-state index in [-0.39, 0.29) is 5.76 Å². The van der Waals surface area contributed by atoms with Crippen LogP contribution in [-0.2, 0) is 0 Å². The van der Waals surface area contributed by atoms with E-state index >= 15 is 0 Å². The molecule has 1 heterocycles. The third-order valence-electron chi connectivity index (χ3n) is 5.13. The summed E-state index contributed by atoms with van der Waals surface area (Å²) in [5, 5.41) is 9.27. The van der Waals surface area contributed by atoms with Crippen LogP contribution in [0.2, 0.25) is 0 Å². The summed E-state index contributed by atoms with van der Waals surface area (Å²) >= 11 is 0. The first-order valence-electron chi connectivity index (χ1n) is 8.10. The maximum atomic E-state index is 11.3. The molecule has 0 bridgehead atoms. The van der Waals surface area contributed by atoms with Gasteiger partial charge >= 0.3 is 5.97 Å². The molecule has 0 aromatic carbocycles. The predicted molar refractivity (Wildman–Crippen MR) is 79.6 cm³/mol. The van der Waals surface area contributed by atoms with Crippen LogP contribution in [-0.4, -0.2) is 16.1 Å². The molecule has 1 N–H and O–H groups in total. The van der Waals surface area contributed by atoms with Crippen molar-refractivity contribution in [2.45, 2.75) is 71.1 Å². The molecule has 0 amide bonds. The van der Waals surface area contributed by atoms with Gasteiger partial charge in [0.15, 0.2) is 5.89 Å². The molecule has 2 fully saturated rings. The minimum atomic E-state index is -0.973. The fraction of sp³-hybridized carbons (Fsp3) is 0.765. The normalized spacial score (nSPS) is 26.8. The molecule has 116 valence electrons. The Hall–Kier alpha value is -1.32. The lowest BCUT2D eigenvalue weighted by molar-refractivity contribution is 0.0656. The fourth-order valence-electron chi connectivity index (χ4n) is 3.52. The van der Waals surface area contributed by atoms with Crippen LogP contribution in [0.1, 0.15) is 93.3 Å². The zero-order chi connectivity index (χ0) is 15.2. The predicted octanol–water partition coefficient (Wildman–Crippen LogP) is 4.57. The van der Waals surface area contributed by atoms with Gasteiger partial charge in [0, 0.05) is 11.8 Å². The lowest BCUT2D eigenvalue weighted by Gasteiger charge is -2.36. The van der Waals surface area contributed by atoms with Gasteiger partial charge in [0.25, 0.3) is 0 Å². The van der Waals surface area contributed by atoms with E-state index in [0.717, 1.165) is 31.6 Å². The lowest BCUT2D eigenvalue weighted by Crippen LogP contribution is -2.25. The number of nitrogens with zero attached hydrogens (tertiary/aromatic N) is 1. The summed E-state index contributed by atoms with van der Waals surface area (Å²) in [4.78, 5) is 15.9. The van der Waals surface area contributed by atoms with E-state index in [1.54, 1.807) is 0 Å². The maximum Gasteiger partial charge on any atom is 0.373 e. The Morgan fingerprint density at radius 1 is 1.10 bits per heavy atom. The van der Waals surface area contributed by atoms with E-state index in [0.29, 0.717) is 28.8 Å². The highest BCUT2D eigenvalue weighted by atomic mass is 16.4. The highest BCUT2D eigenvalue weighted by Crippen LogP contribution is 2.45. The lowest BCUT2D eigenvalue weighted by atomic mass is 9.70. The maximum absolute atomic E-state index is 11.3. The number of oxazole rings is 1. The number of hydrogen-bond acceptors (Lipinski definition) is 3. The van der Waals surface area contributed by atoms with Gasteiger partial charge in [-0.1, -0.05) is 20.8 Å². The molecule has 4 nitrogen and oxygen atoms in total. The molecule has 0 spiro atoms. The molecule has 0 aliphatic heterocycles. The van der Waals surface area contributed by atoms with Crippen molar-refractivity contribution in [2.75, 3.05) is 0 Å². The van der Waals surface area contributed by atoms with Crippen molar-refractivity contribution >= 4 is 5.97 Å². The molecule has 0 saturated heterocycles. The summed E-state index contributed by atoms with van der Waals surface area (Å²) in [6.07, 6.45) is 6.57. The Morgan fingerprint density at radius 3 is 2.14 bits per heavy atom. The molecule has 0 radical (unpaired) electrons. The van der Waals surface area contributed by atoms with Crippen LogP contribution in [0.5, 0.6) is 0 Å². The number of rotatable bonds is 3. The van der Waals surface area contributed by atoms with Crippen molar-refractivity contribution in [1.29, 1.82) is 0 Å². The van der Waals surface area contributed by atoms with Crippen molar-refractivity contribution < 1.29 is 14.3 Å². The van der Waals surface area contributed by atoms with E-state index in [4.69, 9.17) is 4.42 Å². The molecular weight excluding hydrogens is 266 g/mol. The van der Waals surface area contributed by atoms with E-state index < -0.39 is 5.97 Å². The smallest absolute Gasteiger partial charge is 0.373 e. The second-order valence-electron chi connectivity index (χ2n) is 7.76. The molecule has 0 atom stereocenters. The average molecular weight is 291 g/mol. The minimum Gasteiger partial charge on any atom is -0.475 e. The topological polar surface area (TPSA) is 63.3 Å². The molecule has 2 saturated carbocycles. The molecule has 3 rings (SSSR count). The number of carboxylic acids is 1. The largest absolute Gasteiger partial charge is 0.475 e.